The summed E-state index contributed by atoms with van der Waals surface area (Å²) >= 11 is 0. The lowest BCUT2D eigenvalue weighted by atomic mass is 9.97. The summed E-state index contributed by atoms with van der Waals surface area (Å²) in [6.07, 6.45) is 2.57. The van der Waals surface area contributed by atoms with Crippen LogP contribution >= 0.6 is 0 Å². The topological polar surface area (TPSA) is 135 Å². The van der Waals surface area contributed by atoms with Gasteiger partial charge in [-0.2, -0.15) is 0 Å². The second kappa shape index (κ2) is 17.2. The number of aliphatic hydroxyl groups excluding tert-OH is 1. The molecule has 0 bridgehead atoms. The molecule has 4 atom stereocenters. The maximum Gasteiger partial charge on any atom is 0.323 e. The number of likely N-dealkylation sites (tertiary alicyclic amines) is 1. The highest BCUT2D eigenvalue weighted by molar-refractivity contribution is 5.77. The molecule has 0 radical (unpaired) electrons. The van der Waals surface area contributed by atoms with Gasteiger partial charge in [0.25, 0.3) is 0 Å². The molecule has 2 aliphatic heterocycles. The van der Waals surface area contributed by atoms with E-state index in [0.717, 1.165) is 52.8 Å². The summed E-state index contributed by atoms with van der Waals surface area (Å²) in [5.41, 5.74) is 5.10. The molecule has 3 N–H and O–H groups in total. The maximum atomic E-state index is 13.1. The van der Waals surface area contributed by atoms with Crippen molar-refractivity contribution in [3.05, 3.63) is 95.1 Å². The first kappa shape index (κ1) is 37.2. The molecule has 0 spiro atoms. The molecule has 2 aliphatic rings. The highest BCUT2D eigenvalue weighted by Crippen LogP contribution is 2.39. The molecule has 10 heteroatoms. The van der Waals surface area contributed by atoms with Crippen LogP contribution in [0.3, 0.4) is 0 Å². The first-order chi connectivity index (χ1) is 24.0. The van der Waals surface area contributed by atoms with E-state index in [1.165, 1.54) is 0 Å². The molecule has 0 aliphatic carbocycles. The number of benzene rings is 3. The molecule has 50 heavy (non-hydrogen) atoms. The molecule has 2 heterocycles. The van der Waals surface area contributed by atoms with E-state index in [9.17, 15) is 19.5 Å². The normalized spacial score (nSPS) is 21.1. The Bertz CT molecular complexity index is 1580. The number of hydrogen-bond acceptors (Lipinski definition) is 8. The second-order valence-corrected chi connectivity index (χ2v) is 14.2. The lowest BCUT2D eigenvalue weighted by molar-refractivity contribution is -0.253. The minimum atomic E-state index is -0.851. The van der Waals surface area contributed by atoms with Gasteiger partial charge in [0.2, 0.25) is 5.91 Å². The first-order valence-corrected chi connectivity index (χ1v) is 17.6. The monoisotopic (exact) mass is 686 g/mol. The third-order valence-corrected chi connectivity index (χ3v) is 9.13. The molecular formula is C40H50N2O8. The SMILES string of the molecule is CC(C)(C)OC(=O)C1CCCN1CC1CC(c2ccc(CO)cc2)OC(c2ccc(-c3ccccc3CNC(=O)CCCCC(=O)O)cc2)O1. The fourth-order valence-corrected chi connectivity index (χ4v) is 6.60. The summed E-state index contributed by atoms with van der Waals surface area (Å²) in [5.74, 6) is -1.15. The number of carboxylic acid groups (broad SMARTS) is 1. The molecule has 3 aromatic rings. The Labute approximate surface area is 294 Å². The van der Waals surface area contributed by atoms with Gasteiger partial charge in [0, 0.05) is 37.9 Å². The van der Waals surface area contributed by atoms with Crippen molar-refractivity contribution in [1.82, 2.24) is 10.2 Å². The van der Waals surface area contributed by atoms with Gasteiger partial charge in [-0.05, 0) is 80.8 Å². The summed E-state index contributed by atoms with van der Waals surface area (Å²) in [6.45, 7) is 7.37. The zero-order chi connectivity index (χ0) is 35.7. The Kier molecular flexibility index (Phi) is 12.8. The molecular weight excluding hydrogens is 636 g/mol. The molecule has 1 amide bonds. The zero-order valence-electron chi connectivity index (χ0n) is 29.3. The molecule has 10 nitrogen and oxygen atoms in total. The first-order valence-electron chi connectivity index (χ1n) is 17.6. The van der Waals surface area contributed by atoms with Gasteiger partial charge >= 0.3 is 11.9 Å². The van der Waals surface area contributed by atoms with Gasteiger partial charge in [-0.25, -0.2) is 0 Å². The number of hydrogen-bond donors (Lipinski definition) is 3. The molecule has 0 saturated carbocycles. The highest BCUT2D eigenvalue weighted by atomic mass is 16.7. The number of aliphatic carboxylic acids is 1. The number of esters is 1. The molecule has 2 fully saturated rings. The Balaban J connectivity index is 1.29. The minimum absolute atomic E-state index is 0.0301. The van der Waals surface area contributed by atoms with Crippen LogP contribution in [-0.4, -0.2) is 63.8 Å². The molecule has 2 saturated heterocycles. The Hall–Kier alpha value is -4.09. The molecule has 4 unspecified atom stereocenters. The zero-order valence-corrected chi connectivity index (χ0v) is 29.3. The van der Waals surface area contributed by atoms with Crippen LogP contribution in [0.2, 0.25) is 0 Å². The second-order valence-electron chi connectivity index (χ2n) is 14.2. The van der Waals surface area contributed by atoms with E-state index >= 15 is 0 Å². The van der Waals surface area contributed by atoms with Crippen molar-refractivity contribution in [2.24, 2.45) is 0 Å². The Morgan fingerprint density at radius 1 is 0.920 bits per heavy atom. The predicted octanol–water partition coefficient (Wildman–Crippen LogP) is 6.46. The van der Waals surface area contributed by atoms with Crippen molar-refractivity contribution in [2.45, 2.75) is 109 Å². The number of carboxylic acids is 1. The van der Waals surface area contributed by atoms with Crippen LogP contribution in [0.25, 0.3) is 11.1 Å². The standard InChI is InChI=1S/C40H50N2O8/c1-40(2,3)50-38(47)34-11-8-22-42(34)25-32-23-35(29-16-14-27(26-43)15-17-29)49-39(48-32)30-20-18-28(19-21-30)33-10-5-4-9-31(33)24-41-36(44)12-6-7-13-37(45)46/h4-5,9-10,14-21,32,34-35,39,43H,6-8,11-13,22-26H2,1-3H3,(H,41,44)(H,45,46). The van der Waals surface area contributed by atoms with Crippen molar-refractivity contribution in [3.8, 4) is 11.1 Å². The predicted molar refractivity (Wildman–Crippen MR) is 189 cm³/mol. The van der Waals surface area contributed by atoms with Gasteiger partial charge < -0.3 is 29.7 Å². The average Bonchev–Trinajstić information content (AvgIpc) is 3.57. The van der Waals surface area contributed by atoms with E-state index in [0.29, 0.717) is 38.8 Å². The molecule has 3 aromatic carbocycles. The number of nitrogens with one attached hydrogen (secondary N) is 1. The van der Waals surface area contributed by atoms with E-state index in [1.807, 2.05) is 93.6 Å². The number of aliphatic hydroxyl groups is 1. The number of ether oxygens (including phenoxy) is 3. The number of carbonyl (C=O) groups excluding carboxylic acids is 2. The number of unbranched alkanes of at least 4 members (excludes halogenated alkanes) is 1. The third-order valence-electron chi connectivity index (χ3n) is 9.13. The van der Waals surface area contributed by atoms with Crippen LogP contribution in [-0.2, 0) is 41.7 Å². The lowest BCUT2D eigenvalue weighted by Gasteiger charge is -2.38. The number of amides is 1. The Morgan fingerprint density at radius 2 is 1.62 bits per heavy atom. The van der Waals surface area contributed by atoms with Gasteiger partial charge in [0.1, 0.15) is 11.6 Å². The largest absolute Gasteiger partial charge is 0.481 e. The van der Waals surface area contributed by atoms with Crippen molar-refractivity contribution < 1.29 is 38.8 Å². The van der Waals surface area contributed by atoms with E-state index in [4.69, 9.17) is 19.3 Å². The Morgan fingerprint density at radius 3 is 2.32 bits per heavy atom. The molecule has 5 rings (SSSR count). The third kappa shape index (κ3) is 10.5. The van der Waals surface area contributed by atoms with E-state index in [2.05, 4.69) is 10.2 Å². The lowest BCUT2D eigenvalue weighted by Crippen LogP contribution is -2.45. The van der Waals surface area contributed by atoms with Crippen molar-refractivity contribution in [2.75, 3.05) is 13.1 Å². The fourth-order valence-electron chi connectivity index (χ4n) is 6.60. The van der Waals surface area contributed by atoms with Gasteiger partial charge in [-0.15, -0.1) is 0 Å². The van der Waals surface area contributed by atoms with Crippen molar-refractivity contribution in [3.63, 3.8) is 0 Å². The smallest absolute Gasteiger partial charge is 0.323 e. The number of rotatable bonds is 14. The number of carbonyl (C=O) groups is 3. The van der Waals surface area contributed by atoms with Gasteiger partial charge in [0.05, 0.1) is 18.8 Å². The van der Waals surface area contributed by atoms with Crippen molar-refractivity contribution >= 4 is 17.8 Å². The van der Waals surface area contributed by atoms with Crippen LogP contribution < -0.4 is 5.32 Å². The van der Waals surface area contributed by atoms with E-state index in [-0.39, 0.29) is 43.2 Å². The van der Waals surface area contributed by atoms with Crippen molar-refractivity contribution in [1.29, 1.82) is 0 Å². The highest BCUT2D eigenvalue weighted by Gasteiger charge is 2.39. The van der Waals surface area contributed by atoms with Crippen LogP contribution in [0, 0.1) is 0 Å². The summed E-state index contributed by atoms with van der Waals surface area (Å²) in [5, 5.41) is 21.4. The summed E-state index contributed by atoms with van der Waals surface area (Å²) in [6, 6.07) is 23.5. The summed E-state index contributed by atoms with van der Waals surface area (Å²) < 4.78 is 18.9. The van der Waals surface area contributed by atoms with E-state index in [1.54, 1.807) is 0 Å². The molecule has 268 valence electrons. The van der Waals surface area contributed by atoms with Crippen LogP contribution in [0.4, 0.5) is 0 Å². The van der Waals surface area contributed by atoms with Gasteiger partial charge in [-0.3, -0.25) is 19.3 Å². The number of nitrogens with zero attached hydrogens (tertiary/aromatic N) is 1. The fraction of sp³-hybridized carbons (Fsp3) is 0.475. The van der Waals surface area contributed by atoms with E-state index < -0.39 is 17.9 Å². The van der Waals surface area contributed by atoms with Crippen LogP contribution in [0.1, 0.15) is 100 Å². The quantitative estimate of drug-likeness (QED) is 0.129. The maximum absolute atomic E-state index is 13.1. The average molecular weight is 687 g/mol. The van der Waals surface area contributed by atoms with Crippen LogP contribution in [0.15, 0.2) is 72.8 Å². The summed E-state index contributed by atoms with van der Waals surface area (Å²) in [7, 11) is 0. The molecule has 0 aromatic heterocycles. The van der Waals surface area contributed by atoms with Gasteiger partial charge in [-0.1, -0.05) is 72.8 Å². The van der Waals surface area contributed by atoms with Crippen LogP contribution in [0.5, 0.6) is 0 Å². The van der Waals surface area contributed by atoms with Gasteiger partial charge in [0.15, 0.2) is 6.29 Å². The summed E-state index contributed by atoms with van der Waals surface area (Å²) in [4.78, 5) is 38.4. The minimum Gasteiger partial charge on any atom is -0.481 e.